The molecule has 166 valence electrons. The molecule has 3 rings (SSSR count). The fraction of sp³-hybridized carbons (Fsp3) is 0.318. The summed E-state index contributed by atoms with van der Waals surface area (Å²) in [6.07, 6.45) is 3.86. The van der Waals surface area contributed by atoms with E-state index in [0.29, 0.717) is 24.8 Å². The largest absolute Gasteiger partial charge is 0.489 e. The summed E-state index contributed by atoms with van der Waals surface area (Å²) >= 11 is 0. The van der Waals surface area contributed by atoms with Gasteiger partial charge in [-0.25, -0.2) is 19.0 Å². The average Bonchev–Trinajstić information content (AvgIpc) is 3.30. The van der Waals surface area contributed by atoms with Gasteiger partial charge in [-0.2, -0.15) is 5.10 Å². The van der Waals surface area contributed by atoms with Crippen molar-refractivity contribution >= 4 is 29.9 Å². The smallest absolute Gasteiger partial charge is 0.191 e. The minimum Gasteiger partial charge on any atom is -0.489 e. The molecule has 0 fully saturated rings. The summed E-state index contributed by atoms with van der Waals surface area (Å²) < 4.78 is 21.0. The molecule has 0 saturated carbocycles. The van der Waals surface area contributed by atoms with Crippen LogP contribution in [0.3, 0.4) is 0 Å². The summed E-state index contributed by atoms with van der Waals surface area (Å²) in [5.41, 5.74) is 2.03. The van der Waals surface area contributed by atoms with Gasteiger partial charge in [0.1, 0.15) is 30.3 Å². The Bertz CT molecular complexity index is 933. The van der Waals surface area contributed by atoms with Crippen LogP contribution in [0.1, 0.15) is 25.8 Å². The second-order valence-electron chi connectivity index (χ2n) is 6.69. The summed E-state index contributed by atoms with van der Waals surface area (Å²) in [5, 5.41) is 10.7. The second kappa shape index (κ2) is 12.9. The second-order valence-corrected chi connectivity index (χ2v) is 6.69. The molecule has 1 aromatic heterocycles. The highest BCUT2D eigenvalue weighted by atomic mass is 127. The molecule has 7 nitrogen and oxygen atoms in total. The minimum absolute atomic E-state index is 0. The van der Waals surface area contributed by atoms with Crippen molar-refractivity contribution in [2.75, 3.05) is 13.1 Å². The normalized spacial score (nSPS) is 12.0. The van der Waals surface area contributed by atoms with E-state index in [1.54, 1.807) is 23.1 Å². The lowest BCUT2D eigenvalue weighted by atomic mass is 10.2. The van der Waals surface area contributed by atoms with Crippen molar-refractivity contribution in [3.8, 4) is 11.4 Å². The highest BCUT2D eigenvalue weighted by Crippen LogP contribution is 2.15. The van der Waals surface area contributed by atoms with E-state index >= 15 is 0 Å². The van der Waals surface area contributed by atoms with E-state index in [1.165, 1.54) is 18.5 Å². The SMILES string of the molecule is CCNC(=NCc1ccc(-n2cncn2)cc1)NCC(CC)Oc1cccc(F)c1.I. The maximum absolute atomic E-state index is 13.4. The molecule has 1 unspecified atom stereocenters. The molecule has 0 spiro atoms. The first kappa shape index (κ1) is 24.6. The number of benzene rings is 2. The van der Waals surface area contributed by atoms with E-state index in [4.69, 9.17) is 4.74 Å². The summed E-state index contributed by atoms with van der Waals surface area (Å²) in [5.74, 6) is 0.928. The lowest BCUT2D eigenvalue weighted by Crippen LogP contribution is -2.42. The molecule has 0 aliphatic rings. The molecule has 1 atom stereocenters. The standard InChI is InChI=1S/C22H27FN6O.HI/c1-3-20(30-21-7-5-6-18(23)12-21)14-27-22(25-4-2)26-13-17-8-10-19(11-9-17)29-16-24-15-28-29;/h5-12,15-16,20H,3-4,13-14H2,1-2H3,(H2,25,26,27);1H. The molecule has 0 aliphatic carbocycles. The van der Waals surface area contributed by atoms with Crippen LogP contribution in [0.25, 0.3) is 5.69 Å². The highest BCUT2D eigenvalue weighted by molar-refractivity contribution is 14.0. The minimum atomic E-state index is -0.306. The predicted octanol–water partition coefficient (Wildman–Crippen LogP) is 3.94. The molecule has 0 aliphatic heterocycles. The summed E-state index contributed by atoms with van der Waals surface area (Å²) in [7, 11) is 0. The van der Waals surface area contributed by atoms with E-state index < -0.39 is 0 Å². The third kappa shape index (κ3) is 7.82. The number of rotatable bonds is 9. The van der Waals surface area contributed by atoms with Crippen LogP contribution in [0, 0.1) is 5.82 Å². The number of guanidine groups is 1. The first-order valence-electron chi connectivity index (χ1n) is 10.1. The van der Waals surface area contributed by atoms with Gasteiger partial charge in [0.15, 0.2) is 5.96 Å². The Kier molecular flexibility index (Phi) is 10.2. The van der Waals surface area contributed by atoms with Gasteiger partial charge in [0.2, 0.25) is 0 Å². The van der Waals surface area contributed by atoms with E-state index in [2.05, 4.69) is 25.7 Å². The lowest BCUT2D eigenvalue weighted by molar-refractivity contribution is 0.198. The fourth-order valence-electron chi connectivity index (χ4n) is 2.82. The van der Waals surface area contributed by atoms with Gasteiger partial charge in [-0.15, -0.1) is 24.0 Å². The van der Waals surface area contributed by atoms with Gasteiger partial charge in [-0.3, -0.25) is 0 Å². The van der Waals surface area contributed by atoms with Crippen LogP contribution < -0.4 is 15.4 Å². The highest BCUT2D eigenvalue weighted by Gasteiger charge is 2.10. The van der Waals surface area contributed by atoms with Crippen molar-refractivity contribution in [1.29, 1.82) is 0 Å². The summed E-state index contributed by atoms with van der Waals surface area (Å²) in [6, 6.07) is 14.2. The monoisotopic (exact) mass is 538 g/mol. The maximum Gasteiger partial charge on any atom is 0.191 e. The van der Waals surface area contributed by atoms with Crippen molar-refractivity contribution < 1.29 is 9.13 Å². The molecule has 2 aromatic carbocycles. The molecule has 31 heavy (non-hydrogen) atoms. The van der Waals surface area contributed by atoms with Crippen LogP contribution >= 0.6 is 24.0 Å². The van der Waals surface area contributed by atoms with E-state index in [9.17, 15) is 4.39 Å². The Hall–Kier alpha value is -2.69. The molecular formula is C22H28FIN6O. The third-order valence-corrected chi connectivity index (χ3v) is 4.43. The Morgan fingerprint density at radius 3 is 2.61 bits per heavy atom. The van der Waals surface area contributed by atoms with Gasteiger partial charge in [0.25, 0.3) is 0 Å². The van der Waals surface area contributed by atoms with Gasteiger partial charge >= 0.3 is 0 Å². The lowest BCUT2D eigenvalue weighted by Gasteiger charge is -2.20. The zero-order chi connectivity index (χ0) is 21.2. The molecule has 1 heterocycles. The van der Waals surface area contributed by atoms with Crippen LogP contribution in [0.15, 0.2) is 66.2 Å². The average molecular weight is 538 g/mol. The fourth-order valence-corrected chi connectivity index (χ4v) is 2.82. The topological polar surface area (TPSA) is 76.4 Å². The molecule has 3 aromatic rings. The quantitative estimate of drug-likeness (QED) is 0.245. The van der Waals surface area contributed by atoms with Crippen LogP contribution in [0.4, 0.5) is 4.39 Å². The number of aromatic nitrogens is 3. The third-order valence-electron chi connectivity index (χ3n) is 4.43. The number of aliphatic imine (C=N–C) groups is 1. The molecular weight excluding hydrogens is 510 g/mol. The Labute approximate surface area is 199 Å². The number of nitrogens with one attached hydrogen (secondary N) is 2. The van der Waals surface area contributed by atoms with E-state index in [-0.39, 0.29) is 35.9 Å². The number of hydrogen-bond acceptors (Lipinski definition) is 4. The van der Waals surface area contributed by atoms with Crippen molar-refractivity contribution in [1.82, 2.24) is 25.4 Å². The van der Waals surface area contributed by atoms with Gasteiger partial charge in [-0.05, 0) is 43.2 Å². The first-order valence-corrected chi connectivity index (χ1v) is 10.1. The summed E-state index contributed by atoms with van der Waals surface area (Å²) in [4.78, 5) is 8.61. The molecule has 0 radical (unpaired) electrons. The van der Waals surface area contributed by atoms with E-state index in [0.717, 1.165) is 24.2 Å². The zero-order valence-electron chi connectivity index (χ0n) is 17.7. The van der Waals surface area contributed by atoms with Crippen LogP contribution in [0.5, 0.6) is 5.75 Å². The first-order chi connectivity index (χ1) is 14.7. The van der Waals surface area contributed by atoms with Crippen LogP contribution in [-0.4, -0.2) is 39.9 Å². The molecule has 0 bridgehead atoms. The Morgan fingerprint density at radius 1 is 1.16 bits per heavy atom. The van der Waals surface area contributed by atoms with Crippen LogP contribution in [-0.2, 0) is 6.54 Å². The van der Waals surface area contributed by atoms with E-state index in [1.807, 2.05) is 38.1 Å². The number of hydrogen-bond donors (Lipinski definition) is 2. The number of nitrogens with zero attached hydrogens (tertiary/aromatic N) is 4. The van der Waals surface area contributed by atoms with Crippen molar-refractivity contribution in [2.24, 2.45) is 4.99 Å². The Balaban J connectivity index is 0.00000341. The van der Waals surface area contributed by atoms with Crippen molar-refractivity contribution in [2.45, 2.75) is 32.9 Å². The van der Waals surface area contributed by atoms with Crippen molar-refractivity contribution in [3.63, 3.8) is 0 Å². The molecule has 0 saturated heterocycles. The van der Waals surface area contributed by atoms with Gasteiger partial charge in [-0.1, -0.05) is 25.1 Å². The van der Waals surface area contributed by atoms with Crippen molar-refractivity contribution in [3.05, 3.63) is 72.6 Å². The summed E-state index contributed by atoms with van der Waals surface area (Å²) in [6.45, 7) is 5.90. The molecule has 2 N–H and O–H groups in total. The molecule has 9 heteroatoms. The van der Waals surface area contributed by atoms with Crippen LogP contribution in [0.2, 0.25) is 0 Å². The van der Waals surface area contributed by atoms with Gasteiger partial charge in [0, 0.05) is 12.6 Å². The molecule has 0 amide bonds. The Morgan fingerprint density at radius 2 is 1.97 bits per heavy atom. The number of halogens is 2. The maximum atomic E-state index is 13.4. The van der Waals surface area contributed by atoms with Gasteiger partial charge in [0.05, 0.1) is 18.8 Å². The zero-order valence-corrected chi connectivity index (χ0v) is 20.0. The number of ether oxygens (including phenoxy) is 1. The predicted molar refractivity (Wildman–Crippen MR) is 131 cm³/mol. The van der Waals surface area contributed by atoms with Gasteiger partial charge < -0.3 is 15.4 Å².